The molecule has 4 rings (SSSR count). The summed E-state index contributed by atoms with van der Waals surface area (Å²) < 4.78 is 3.81. The molecule has 6 nitrogen and oxygen atoms in total. The second kappa shape index (κ2) is 7.23. The van der Waals surface area contributed by atoms with Crippen molar-refractivity contribution in [3.05, 3.63) is 78.9 Å². The second-order valence-corrected chi connectivity index (χ2v) is 6.08. The van der Waals surface area contributed by atoms with Crippen LogP contribution in [0.2, 0.25) is 0 Å². The van der Waals surface area contributed by atoms with E-state index in [1.54, 1.807) is 17.2 Å². The molecule has 0 saturated carbocycles. The van der Waals surface area contributed by atoms with Crippen LogP contribution in [0.4, 0.5) is 0 Å². The Morgan fingerprint density at radius 3 is 2.73 bits per heavy atom. The Kier molecular flexibility index (Phi) is 4.47. The van der Waals surface area contributed by atoms with Crippen LogP contribution in [-0.4, -0.2) is 25.2 Å². The summed E-state index contributed by atoms with van der Waals surface area (Å²) in [5.41, 5.74) is 3.96. The van der Waals surface area contributed by atoms with Gasteiger partial charge in [0, 0.05) is 31.3 Å². The molecule has 0 saturated heterocycles. The molecule has 1 amide bonds. The summed E-state index contributed by atoms with van der Waals surface area (Å²) in [5.74, 6) is 0.00948. The smallest absolute Gasteiger partial charge is 0.222 e. The first-order chi connectivity index (χ1) is 12.8. The minimum absolute atomic E-state index is 0.00948. The number of carbonyl (C=O) groups excluding carboxylic acids is 1. The molecule has 4 aromatic rings. The average Bonchev–Trinajstić information content (AvgIpc) is 3.33. The molecule has 0 fully saturated rings. The Balaban J connectivity index is 1.31. The molecule has 2 aromatic carbocycles. The zero-order chi connectivity index (χ0) is 17.8. The van der Waals surface area contributed by atoms with Crippen molar-refractivity contribution in [1.29, 1.82) is 0 Å². The number of imidazole rings is 1. The van der Waals surface area contributed by atoms with E-state index in [1.807, 2.05) is 65.4 Å². The molecule has 0 aliphatic heterocycles. The van der Waals surface area contributed by atoms with Gasteiger partial charge in [-0.3, -0.25) is 4.79 Å². The summed E-state index contributed by atoms with van der Waals surface area (Å²) in [6.07, 6.45) is 5.89. The van der Waals surface area contributed by atoms with Crippen molar-refractivity contribution in [2.24, 2.45) is 0 Å². The number of amides is 1. The highest BCUT2D eigenvalue weighted by Gasteiger charge is 2.06. The molecular weight excluding hydrogens is 326 g/mol. The van der Waals surface area contributed by atoms with E-state index in [0.717, 1.165) is 22.3 Å². The van der Waals surface area contributed by atoms with Crippen molar-refractivity contribution in [3.63, 3.8) is 0 Å². The Labute approximate surface area is 151 Å². The third kappa shape index (κ3) is 3.49. The van der Waals surface area contributed by atoms with Gasteiger partial charge in [-0.15, -0.1) is 0 Å². The lowest BCUT2D eigenvalue weighted by molar-refractivity contribution is -0.121. The van der Waals surface area contributed by atoms with E-state index in [0.29, 0.717) is 19.5 Å². The molecule has 0 atom stereocenters. The van der Waals surface area contributed by atoms with Crippen LogP contribution in [0.25, 0.3) is 16.7 Å². The summed E-state index contributed by atoms with van der Waals surface area (Å²) in [7, 11) is 0. The van der Waals surface area contributed by atoms with E-state index >= 15 is 0 Å². The molecule has 0 aliphatic rings. The van der Waals surface area contributed by atoms with Gasteiger partial charge in [0.05, 0.1) is 29.2 Å². The van der Waals surface area contributed by atoms with Crippen LogP contribution in [0, 0.1) is 0 Å². The minimum Gasteiger partial charge on any atom is -0.352 e. The maximum absolute atomic E-state index is 12.2. The highest BCUT2D eigenvalue weighted by molar-refractivity contribution is 5.77. The fraction of sp³-hybridized carbons (Fsp3) is 0.150. The number of aromatic nitrogens is 4. The molecule has 0 unspecified atom stereocenters. The van der Waals surface area contributed by atoms with E-state index in [1.165, 1.54) is 0 Å². The predicted molar refractivity (Wildman–Crippen MR) is 99.8 cm³/mol. The number of hydrogen-bond acceptors (Lipinski definition) is 3. The fourth-order valence-corrected chi connectivity index (χ4v) is 2.87. The first-order valence-electron chi connectivity index (χ1n) is 8.55. The number of nitrogens with zero attached hydrogens (tertiary/aromatic N) is 4. The van der Waals surface area contributed by atoms with Crippen LogP contribution >= 0.6 is 0 Å². The van der Waals surface area contributed by atoms with Gasteiger partial charge in [0.25, 0.3) is 0 Å². The Hall–Kier alpha value is -3.41. The molecule has 0 aliphatic carbocycles. The van der Waals surface area contributed by atoms with Crippen molar-refractivity contribution >= 4 is 16.9 Å². The quantitative estimate of drug-likeness (QED) is 0.584. The standard InChI is InChI=1S/C20H19N5O/c26-20(10-11-24-15-22-18-8-4-5-9-19(18)24)21-12-16-13-23-25(14-16)17-6-2-1-3-7-17/h1-9,13-15H,10-12H2,(H,21,26). The fourth-order valence-electron chi connectivity index (χ4n) is 2.87. The van der Waals surface area contributed by atoms with Crippen molar-refractivity contribution < 1.29 is 4.79 Å². The maximum Gasteiger partial charge on any atom is 0.222 e. The van der Waals surface area contributed by atoms with Gasteiger partial charge in [-0.05, 0) is 24.3 Å². The highest BCUT2D eigenvalue weighted by Crippen LogP contribution is 2.12. The number of carbonyl (C=O) groups is 1. The number of nitrogens with one attached hydrogen (secondary N) is 1. The van der Waals surface area contributed by atoms with E-state index in [4.69, 9.17) is 0 Å². The molecule has 2 heterocycles. The number of aryl methyl sites for hydroxylation is 1. The van der Waals surface area contributed by atoms with Gasteiger partial charge in [-0.1, -0.05) is 30.3 Å². The highest BCUT2D eigenvalue weighted by atomic mass is 16.1. The van der Waals surface area contributed by atoms with Crippen LogP contribution < -0.4 is 5.32 Å². The van der Waals surface area contributed by atoms with Crippen molar-refractivity contribution in [2.45, 2.75) is 19.5 Å². The maximum atomic E-state index is 12.2. The van der Waals surface area contributed by atoms with Crippen LogP contribution in [0.1, 0.15) is 12.0 Å². The summed E-state index contributed by atoms with van der Waals surface area (Å²) in [5, 5.41) is 7.29. The van der Waals surface area contributed by atoms with E-state index < -0.39 is 0 Å². The number of para-hydroxylation sites is 3. The SMILES string of the molecule is O=C(CCn1cnc2ccccc21)NCc1cnn(-c2ccccc2)c1. The second-order valence-electron chi connectivity index (χ2n) is 6.08. The van der Waals surface area contributed by atoms with Crippen LogP contribution in [0.15, 0.2) is 73.3 Å². The zero-order valence-electron chi connectivity index (χ0n) is 14.2. The van der Waals surface area contributed by atoms with Gasteiger partial charge in [0.1, 0.15) is 0 Å². The van der Waals surface area contributed by atoms with Gasteiger partial charge in [-0.25, -0.2) is 9.67 Å². The van der Waals surface area contributed by atoms with Gasteiger partial charge < -0.3 is 9.88 Å². The number of benzene rings is 2. The summed E-state index contributed by atoms with van der Waals surface area (Å²) in [4.78, 5) is 16.5. The van der Waals surface area contributed by atoms with Crippen molar-refractivity contribution in [2.75, 3.05) is 0 Å². The average molecular weight is 345 g/mol. The topological polar surface area (TPSA) is 64.7 Å². The third-order valence-electron chi connectivity index (χ3n) is 4.25. The number of rotatable bonds is 6. The van der Waals surface area contributed by atoms with Crippen LogP contribution in [0.3, 0.4) is 0 Å². The lowest BCUT2D eigenvalue weighted by Gasteiger charge is -2.05. The Bertz CT molecular complexity index is 1020. The molecule has 6 heteroatoms. The lowest BCUT2D eigenvalue weighted by Crippen LogP contribution is -2.23. The van der Waals surface area contributed by atoms with Crippen LogP contribution in [0.5, 0.6) is 0 Å². The summed E-state index contributed by atoms with van der Waals surface area (Å²) in [6, 6.07) is 17.8. The van der Waals surface area contributed by atoms with E-state index in [2.05, 4.69) is 15.4 Å². The Morgan fingerprint density at radius 1 is 1.04 bits per heavy atom. The monoisotopic (exact) mass is 345 g/mol. The summed E-state index contributed by atoms with van der Waals surface area (Å²) in [6.45, 7) is 1.08. The number of hydrogen-bond donors (Lipinski definition) is 1. The van der Waals surface area contributed by atoms with Gasteiger partial charge in [0.2, 0.25) is 5.91 Å². The van der Waals surface area contributed by atoms with Gasteiger partial charge >= 0.3 is 0 Å². The van der Waals surface area contributed by atoms with E-state index in [-0.39, 0.29) is 5.91 Å². The molecule has 0 radical (unpaired) electrons. The van der Waals surface area contributed by atoms with E-state index in [9.17, 15) is 4.79 Å². The zero-order valence-corrected chi connectivity index (χ0v) is 14.2. The minimum atomic E-state index is 0.00948. The van der Waals surface area contributed by atoms with Gasteiger partial charge in [0.15, 0.2) is 0 Å². The van der Waals surface area contributed by atoms with Crippen LogP contribution in [-0.2, 0) is 17.9 Å². The van der Waals surface area contributed by atoms with Crippen molar-refractivity contribution in [1.82, 2.24) is 24.6 Å². The normalized spacial score (nSPS) is 10.9. The number of fused-ring (bicyclic) bond motifs is 1. The first-order valence-corrected chi connectivity index (χ1v) is 8.55. The molecule has 0 bridgehead atoms. The lowest BCUT2D eigenvalue weighted by atomic mass is 10.3. The molecule has 0 spiro atoms. The van der Waals surface area contributed by atoms with Crippen molar-refractivity contribution in [3.8, 4) is 5.69 Å². The molecule has 130 valence electrons. The molecule has 1 N–H and O–H groups in total. The molecular formula is C20H19N5O. The third-order valence-corrected chi connectivity index (χ3v) is 4.25. The molecule has 2 aromatic heterocycles. The molecule has 26 heavy (non-hydrogen) atoms. The summed E-state index contributed by atoms with van der Waals surface area (Å²) >= 11 is 0. The Morgan fingerprint density at radius 2 is 1.85 bits per heavy atom. The largest absolute Gasteiger partial charge is 0.352 e. The predicted octanol–water partition coefficient (Wildman–Crippen LogP) is 2.93. The van der Waals surface area contributed by atoms with Gasteiger partial charge in [-0.2, -0.15) is 5.10 Å². The first kappa shape index (κ1) is 16.1.